The molecule has 0 N–H and O–H groups in total. The zero-order valence-electron chi connectivity index (χ0n) is 17.4. The maximum atomic E-state index is 13.7. The highest BCUT2D eigenvalue weighted by atomic mass is 35.5. The van der Waals surface area contributed by atoms with Crippen molar-refractivity contribution in [2.45, 2.75) is 0 Å². The van der Waals surface area contributed by atoms with Crippen molar-refractivity contribution in [3.05, 3.63) is 92.7 Å². The lowest BCUT2D eigenvalue weighted by Crippen LogP contribution is -2.47. The van der Waals surface area contributed by atoms with Crippen LogP contribution in [0.2, 0.25) is 0 Å². The number of ketones is 4. The van der Waals surface area contributed by atoms with Gasteiger partial charge in [0.2, 0.25) is 11.6 Å². The summed E-state index contributed by atoms with van der Waals surface area (Å²) in [6, 6.07) is 12.9. The number of fused-ring (bicyclic) bond motifs is 2. The monoisotopic (exact) mass is 446 g/mol. The molecule has 2 aromatic rings. The summed E-state index contributed by atoms with van der Waals surface area (Å²) in [5.41, 5.74) is 0.774. The van der Waals surface area contributed by atoms with Crippen LogP contribution in [-0.4, -0.2) is 66.2 Å². The van der Waals surface area contributed by atoms with E-state index in [4.69, 9.17) is 11.6 Å². The summed E-state index contributed by atoms with van der Waals surface area (Å²) in [6.45, 7) is 2.42. The van der Waals surface area contributed by atoms with E-state index in [1.807, 2.05) is 11.9 Å². The van der Waals surface area contributed by atoms with Crippen molar-refractivity contribution >= 4 is 34.7 Å². The fourth-order valence-electron chi connectivity index (χ4n) is 4.49. The summed E-state index contributed by atoms with van der Waals surface area (Å²) < 4.78 is 0. The molecule has 0 atom stereocenters. The molecule has 0 bridgehead atoms. The largest absolute Gasteiger partial charge is 0.365 e. The third-order valence-electron chi connectivity index (χ3n) is 6.23. The van der Waals surface area contributed by atoms with Crippen LogP contribution in [0.25, 0.3) is 0 Å². The van der Waals surface area contributed by atoms with Crippen LogP contribution in [0.5, 0.6) is 0 Å². The van der Waals surface area contributed by atoms with Gasteiger partial charge in [0.25, 0.3) is 0 Å². The highest BCUT2D eigenvalue weighted by Gasteiger charge is 2.43. The Kier molecular flexibility index (Phi) is 4.92. The molecule has 6 nitrogen and oxygen atoms in total. The van der Waals surface area contributed by atoms with Gasteiger partial charge in [-0.25, -0.2) is 0 Å². The first-order valence-corrected chi connectivity index (χ1v) is 10.7. The van der Waals surface area contributed by atoms with Gasteiger partial charge in [-0.3, -0.25) is 19.2 Å². The standard InChI is InChI=1S/C25H19ClN2O4/c1-27-10-12-28(13-11-27)21-19(23(30)15-7-3-5-9-17(15)25(21)32)18-20(26)24(31)16-8-4-2-6-14(16)22(18)29/h2-9H,10-13H2,1H3. The maximum absolute atomic E-state index is 13.7. The fraction of sp³-hybridized carbons (Fsp3) is 0.200. The number of nitrogens with zero attached hydrogens (tertiary/aromatic N) is 2. The molecule has 0 aromatic heterocycles. The molecule has 0 spiro atoms. The van der Waals surface area contributed by atoms with E-state index < -0.39 is 17.3 Å². The number of carbonyl (C=O) groups excluding carboxylic acids is 4. The van der Waals surface area contributed by atoms with Gasteiger partial charge in [0.1, 0.15) is 5.03 Å². The van der Waals surface area contributed by atoms with Crippen molar-refractivity contribution in [1.29, 1.82) is 0 Å². The maximum Gasteiger partial charge on any atom is 0.210 e. The second kappa shape index (κ2) is 7.65. The molecule has 2 aromatic carbocycles. The number of hydrogen-bond donors (Lipinski definition) is 0. The van der Waals surface area contributed by atoms with E-state index in [1.54, 1.807) is 36.4 Å². The summed E-state index contributed by atoms with van der Waals surface area (Å²) >= 11 is 6.44. The van der Waals surface area contributed by atoms with E-state index in [0.29, 0.717) is 31.7 Å². The SMILES string of the molecule is CN1CCN(C2=C(C3=C(Cl)C(=O)c4ccccc4C3=O)C(=O)c3ccccc3C2=O)CC1. The highest BCUT2D eigenvalue weighted by Crippen LogP contribution is 2.39. The lowest BCUT2D eigenvalue weighted by molar-refractivity contribution is 0.0910. The molecule has 7 heteroatoms. The average molecular weight is 447 g/mol. The molecule has 32 heavy (non-hydrogen) atoms. The van der Waals surface area contributed by atoms with Gasteiger partial charge in [-0.1, -0.05) is 60.1 Å². The zero-order valence-corrected chi connectivity index (χ0v) is 18.1. The molecule has 1 saturated heterocycles. The van der Waals surface area contributed by atoms with E-state index in [1.165, 1.54) is 12.1 Å². The Bertz CT molecular complexity index is 1280. The Morgan fingerprint density at radius 1 is 0.625 bits per heavy atom. The molecular weight excluding hydrogens is 428 g/mol. The van der Waals surface area contributed by atoms with Crippen LogP contribution < -0.4 is 0 Å². The second-order valence-corrected chi connectivity index (χ2v) is 8.49. The minimum Gasteiger partial charge on any atom is -0.365 e. The molecule has 2 aliphatic carbocycles. The number of hydrogen-bond acceptors (Lipinski definition) is 6. The normalized spacial score (nSPS) is 19.5. The van der Waals surface area contributed by atoms with Crippen LogP contribution in [0.15, 0.2) is 70.4 Å². The van der Waals surface area contributed by atoms with Crippen LogP contribution in [0.3, 0.4) is 0 Å². The predicted octanol–water partition coefficient (Wildman–Crippen LogP) is 3.14. The van der Waals surface area contributed by atoms with Gasteiger partial charge in [0, 0.05) is 48.4 Å². The van der Waals surface area contributed by atoms with Crippen molar-refractivity contribution in [1.82, 2.24) is 9.80 Å². The number of halogens is 1. The molecule has 3 aliphatic rings. The molecule has 0 amide bonds. The van der Waals surface area contributed by atoms with Gasteiger partial charge in [-0.2, -0.15) is 0 Å². The Morgan fingerprint density at radius 2 is 1.06 bits per heavy atom. The number of carbonyl (C=O) groups is 4. The first kappa shape index (κ1) is 20.5. The molecular formula is C25H19ClN2O4. The van der Waals surface area contributed by atoms with Crippen LogP contribution in [0, 0.1) is 0 Å². The average Bonchev–Trinajstić information content (AvgIpc) is 2.82. The number of Topliss-reactive ketones (excluding diaryl/α,β-unsaturated/α-hetero) is 4. The van der Waals surface area contributed by atoms with Gasteiger partial charge < -0.3 is 9.80 Å². The minimum atomic E-state index is -0.527. The van der Waals surface area contributed by atoms with E-state index in [0.717, 1.165) is 0 Å². The summed E-state index contributed by atoms with van der Waals surface area (Å²) in [4.78, 5) is 57.7. The lowest BCUT2D eigenvalue weighted by Gasteiger charge is -2.37. The highest BCUT2D eigenvalue weighted by molar-refractivity contribution is 6.52. The van der Waals surface area contributed by atoms with Crippen molar-refractivity contribution < 1.29 is 19.2 Å². The lowest BCUT2D eigenvalue weighted by atomic mass is 9.78. The molecule has 160 valence electrons. The minimum absolute atomic E-state index is 0.0730. The second-order valence-electron chi connectivity index (χ2n) is 8.11. The number of piperazine rings is 1. The Labute approximate surface area is 189 Å². The Morgan fingerprint density at radius 3 is 1.59 bits per heavy atom. The van der Waals surface area contributed by atoms with Gasteiger partial charge in [-0.05, 0) is 7.05 Å². The number of allylic oxidation sites excluding steroid dienone is 4. The zero-order chi connectivity index (χ0) is 22.6. The molecule has 0 radical (unpaired) electrons. The fourth-order valence-corrected chi connectivity index (χ4v) is 4.78. The Hall–Kier alpha value is -3.35. The van der Waals surface area contributed by atoms with Crippen LogP contribution in [0.4, 0.5) is 0 Å². The van der Waals surface area contributed by atoms with E-state index in [9.17, 15) is 19.2 Å². The topological polar surface area (TPSA) is 74.8 Å². The Balaban J connectivity index is 1.77. The third-order valence-corrected chi connectivity index (χ3v) is 6.59. The first-order chi connectivity index (χ1) is 15.4. The van der Waals surface area contributed by atoms with Crippen molar-refractivity contribution in [2.75, 3.05) is 33.2 Å². The number of benzene rings is 2. The van der Waals surface area contributed by atoms with Crippen molar-refractivity contribution in [3.8, 4) is 0 Å². The van der Waals surface area contributed by atoms with Gasteiger partial charge in [0.05, 0.1) is 16.8 Å². The summed E-state index contributed by atoms with van der Waals surface area (Å²) in [5.74, 6) is -1.85. The van der Waals surface area contributed by atoms with Gasteiger partial charge in [-0.15, -0.1) is 0 Å². The summed E-state index contributed by atoms with van der Waals surface area (Å²) in [5, 5.41) is -0.323. The molecule has 0 unspecified atom stereocenters. The number of rotatable bonds is 2. The van der Waals surface area contributed by atoms with E-state index in [2.05, 4.69) is 4.90 Å². The van der Waals surface area contributed by atoms with Crippen LogP contribution >= 0.6 is 11.6 Å². The smallest absolute Gasteiger partial charge is 0.210 e. The van der Waals surface area contributed by atoms with E-state index in [-0.39, 0.29) is 44.3 Å². The van der Waals surface area contributed by atoms with Crippen molar-refractivity contribution in [3.63, 3.8) is 0 Å². The van der Waals surface area contributed by atoms with E-state index >= 15 is 0 Å². The van der Waals surface area contributed by atoms with Crippen molar-refractivity contribution in [2.24, 2.45) is 0 Å². The summed E-state index contributed by atoms with van der Waals surface area (Å²) in [7, 11) is 1.98. The number of likely N-dealkylation sites (N-methyl/N-ethyl adjacent to an activating group) is 1. The van der Waals surface area contributed by atoms with Crippen LogP contribution in [0.1, 0.15) is 41.4 Å². The molecule has 1 aliphatic heterocycles. The van der Waals surface area contributed by atoms with Crippen LogP contribution in [-0.2, 0) is 0 Å². The molecule has 5 rings (SSSR count). The molecule has 0 saturated carbocycles. The quantitative estimate of drug-likeness (QED) is 0.705. The predicted molar refractivity (Wildman–Crippen MR) is 119 cm³/mol. The summed E-state index contributed by atoms with van der Waals surface area (Å²) in [6.07, 6.45) is 0. The third kappa shape index (κ3) is 2.98. The van der Waals surface area contributed by atoms with Gasteiger partial charge >= 0.3 is 0 Å². The molecule has 1 heterocycles. The van der Waals surface area contributed by atoms with Gasteiger partial charge in [0.15, 0.2) is 11.6 Å². The molecule has 1 fully saturated rings. The first-order valence-electron chi connectivity index (χ1n) is 10.3.